The lowest BCUT2D eigenvalue weighted by Gasteiger charge is -2.28. The second-order valence-corrected chi connectivity index (χ2v) is 4.96. The van der Waals surface area contributed by atoms with E-state index in [4.69, 9.17) is 10.5 Å². The molecular formula is C10H13NOS. The van der Waals surface area contributed by atoms with Gasteiger partial charge < -0.3 is 10.5 Å². The Kier molecular flexibility index (Phi) is 1.57. The van der Waals surface area contributed by atoms with Gasteiger partial charge in [-0.05, 0) is 29.9 Å². The zero-order valence-electron chi connectivity index (χ0n) is 7.45. The molecule has 0 aromatic carbocycles. The lowest BCUT2D eigenvalue weighted by Crippen LogP contribution is -2.28. The Morgan fingerprint density at radius 1 is 1.62 bits per heavy atom. The maximum absolute atomic E-state index is 5.78. The molecule has 1 atom stereocenters. The van der Waals surface area contributed by atoms with E-state index in [2.05, 4.69) is 11.4 Å². The lowest BCUT2D eigenvalue weighted by atomic mass is 9.93. The first-order valence-corrected chi connectivity index (χ1v) is 5.63. The molecule has 1 aliphatic heterocycles. The van der Waals surface area contributed by atoms with Crippen molar-refractivity contribution >= 4 is 11.3 Å². The van der Waals surface area contributed by atoms with Crippen LogP contribution in [-0.4, -0.2) is 13.2 Å². The van der Waals surface area contributed by atoms with Crippen LogP contribution in [0.15, 0.2) is 11.4 Å². The number of nitrogens with two attached hydrogens (primary N) is 1. The first-order valence-electron chi connectivity index (χ1n) is 4.75. The van der Waals surface area contributed by atoms with Crippen LogP contribution in [0.5, 0.6) is 0 Å². The van der Waals surface area contributed by atoms with Gasteiger partial charge in [0.15, 0.2) is 0 Å². The Labute approximate surface area is 81.7 Å². The van der Waals surface area contributed by atoms with Gasteiger partial charge in [0.2, 0.25) is 0 Å². The van der Waals surface area contributed by atoms with E-state index < -0.39 is 0 Å². The molecule has 2 aliphatic rings. The fraction of sp³-hybridized carbons (Fsp3) is 0.600. The number of hydrogen-bond donors (Lipinski definition) is 1. The average molecular weight is 195 g/mol. The fourth-order valence-corrected chi connectivity index (χ4v) is 3.24. The summed E-state index contributed by atoms with van der Waals surface area (Å²) >= 11 is 1.80. The van der Waals surface area contributed by atoms with Crippen LogP contribution in [0.3, 0.4) is 0 Å². The van der Waals surface area contributed by atoms with E-state index in [0.717, 1.165) is 6.61 Å². The highest BCUT2D eigenvalue weighted by Crippen LogP contribution is 2.55. The molecule has 0 amide bonds. The average Bonchev–Trinajstić information content (AvgIpc) is 2.76. The smallest absolute Gasteiger partial charge is 0.104 e. The fourth-order valence-electron chi connectivity index (χ4n) is 2.16. The van der Waals surface area contributed by atoms with Gasteiger partial charge in [-0.3, -0.25) is 0 Å². The van der Waals surface area contributed by atoms with Gasteiger partial charge in [0, 0.05) is 16.8 Å². The van der Waals surface area contributed by atoms with E-state index in [-0.39, 0.29) is 6.10 Å². The van der Waals surface area contributed by atoms with Crippen LogP contribution in [-0.2, 0) is 10.2 Å². The minimum Gasteiger partial charge on any atom is -0.370 e. The van der Waals surface area contributed by atoms with Gasteiger partial charge >= 0.3 is 0 Å². The molecule has 0 radical (unpaired) electrons. The minimum absolute atomic E-state index is 0.168. The molecule has 3 rings (SSSR count). The molecule has 1 aromatic rings. The van der Waals surface area contributed by atoms with E-state index >= 15 is 0 Å². The third-order valence-electron chi connectivity index (χ3n) is 3.19. The molecule has 2 heterocycles. The third-order valence-corrected chi connectivity index (χ3v) is 4.20. The molecule has 70 valence electrons. The summed E-state index contributed by atoms with van der Waals surface area (Å²) < 4.78 is 5.78. The largest absolute Gasteiger partial charge is 0.370 e. The maximum atomic E-state index is 5.78. The van der Waals surface area contributed by atoms with Crippen LogP contribution in [0, 0.1) is 0 Å². The zero-order valence-corrected chi connectivity index (χ0v) is 8.27. The van der Waals surface area contributed by atoms with Crippen LogP contribution in [0.25, 0.3) is 0 Å². The van der Waals surface area contributed by atoms with Crippen molar-refractivity contribution in [3.8, 4) is 0 Å². The summed E-state index contributed by atoms with van der Waals surface area (Å²) in [6, 6.07) is 2.26. The molecule has 0 bridgehead atoms. The van der Waals surface area contributed by atoms with Crippen molar-refractivity contribution in [3.63, 3.8) is 0 Å². The number of ether oxygens (including phenoxy) is 1. The molecule has 3 heteroatoms. The normalized spacial score (nSPS) is 28.8. The van der Waals surface area contributed by atoms with E-state index in [9.17, 15) is 0 Å². The van der Waals surface area contributed by atoms with E-state index in [0.29, 0.717) is 12.0 Å². The Morgan fingerprint density at radius 3 is 3.15 bits per heavy atom. The standard InChI is InChI=1S/C10H13NOS/c11-5-8-9-7(1-4-13-9)10(2-3-10)6-12-8/h1,4,8H,2-3,5-6,11H2. The van der Waals surface area contributed by atoms with Gasteiger partial charge in [-0.15, -0.1) is 11.3 Å². The summed E-state index contributed by atoms with van der Waals surface area (Å²) in [5, 5.41) is 2.17. The Bertz CT molecular complexity index is 329. The summed E-state index contributed by atoms with van der Waals surface area (Å²) in [5.41, 5.74) is 7.60. The molecule has 2 N–H and O–H groups in total. The SMILES string of the molecule is NCC1OCC2(CC2)c2ccsc21. The lowest BCUT2D eigenvalue weighted by molar-refractivity contribution is 0.0303. The van der Waals surface area contributed by atoms with Crippen molar-refractivity contribution in [3.05, 3.63) is 21.9 Å². The Balaban J connectivity index is 2.06. The van der Waals surface area contributed by atoms with E-state index in [1.165, 1.54) is 23.3 Å². The van der Waals surface area contributed by atoms with E-state index in [1.54, 1.807) is 11.3 Å². The Morgan fingerprint density at radius 2 is 2.46 bits per heavy atom. The summed E-state index contributed by atoms with van der Waals surface area (Å²) in [6.45, 7) is 1.50. The number of thiophene rings is 1. The van der Waals surface area contributed by atoms with Gasteiger partial charge in [-0.2, -0.15) is 0 Å². The van der Waals surface area contributed by atoms with Gasteiger partial charge in [-0.25, -0.2) is 0 Å². The molecule has 1 unspecified atom stereocenters. The van der Waals surface area contributed by atoms with Crippen molar-refractivity contribution in [1.82, 2.24) is 0 Å². The van der Waals surface area contributed by atoms with Crippen LogP contribution < -0.4 is 5.73 Å². The molecule has 2 nitrogen and oxygen atoms in total. The van der Waals surface area contributed by atoms with Crippen LogP contribution in [0.2, 0.25) is 0 Å². The molecular weight excluding hydrogens is 182 g/mol. The van der Waals surface area contributed by atoms with Gasteiger partial charge in [0.1, 0.15) is 6.10 Å². The summed E-state index contributed by atoms with van der Waals surface area (Å²) in [6.07, 6.45) is 2.77. The second-order valence-electron chi connectivity index (χ2n) is 4.01. The monoisotopic (exact) mass is 195 g/mol. The van der Waals surface area contributed by atoms with Crippen molar-refractivity contribution in [2.75, 3.05) is 13.2 Å². The quantitative estimate of drug-likeness (QED) is 0.741. The molecule has 1 aromatic heterocycles. The highest BCUT2D eigenvalue weighted by molar-refractivity contribution is 7.10. The predicted octanol–water partition coefficient (Wildman–Crippen LogP) is 1.81. The number of fused-ring (bicyclic) bond motifs is 2. The molecule has 1 fully saturated rings. The highest BCUT2D eigenvalue weighted by atomic mass is 32.1. The van der Waals surface area contributed by atoms with Crippen molar-refractivity contribution in [2.45, 2.75) is 24.4 Å². The van der Waals surface area contributed by atoms with Crippen LogP contribution in [0.1, 0.15) is 29.4 Å². The van der Waals surface area contributed by atoms with Crippen molar-refractivity contribution < 1.29 is 4.74 Å². The van der Waals surface area contributed by atoms with Gasteiger partial charge in [0.25, 0.3) is 0 Å². The van der Waals surface area contributed by atoms with Crippen LogP contribution >= 0.6 is 11.3 Å². The minimum atomic E-state index is 0.168. The third kappa shape index (κ3) is 1.01. The molecule has 1 spiro atoms. The van der Waals surface area contributed by atoms with Gasteiger partial charge in [0.05, 0.1) is 6.61 Å². The maximum Gasteiger partial charge on any atom is 0.104 e. The number of hydrogen-bond acceptors (Lipinski definition) is 3. The molecule has 13 heavy (non-hydrogen) atoms. The summed E-state index contributed by atoms with van der Waals surface area (Å²) in [5.74, 6) is 0. The zero-order chi connectivity index (χ0) is 8.89. The molecule has 0 saturated heterocycles. The predicted molar refractivity (Wildman–Crippen MR) is 53.0 cm³/mol. The summed E-state index contributed by atoms with van der Waals surface area (Å²) in [7, 11) is 0. The van der Waals surface area contributed by atoms with Crippen LogP contribution in [0.4, 0.5) is 0 Å². The highest BCUT2D eigenvalue weighted by Gasteiger charge is 2.49. The molecule has 1 saturated carbocycles. The first-order chi connectivity index (χ1) is 6.36. The molecule has 1 aliphatic carbocycles. The topological polar surface area (TPSA) is 35.2 Å². The Hall–Kier alpha value is -0.380. The van der Waals surface area contributed by atoms with E-state index in [1.807, 2.05) is 0 Å². The second kappa shape index (κ2) is 2.56. The number of rotatable bonds is 1. The van der Waals surface area contributed by atoms with Crippen molar-refractivity contribution in [2.24, 2.45) is 5.73 Å². The summed E-state index contributed by atoms with van der Waals surface area (Å²) in [4.78, 5) is 1.38. The van der Waals surface area contributed by atoms with Crippen molar-refractivity contribution in [1.29, 1.82) is 0 Å². The van der Waals surface area contributed by atoms with Gasteiger partial charge in [-0.1, -0.05) is 0 Å². The first kappa shape index (κ1) is 7.97.